The minimum atomic E-state index is -3.01. The predicted octanol–water partition coefficient (Wildman–Crippen LogP) is 4.03. The van der Waals surface area contributed by atoms with Crippen molar-refractivity contribution < 1.29 is 23.0 Å². The number of hydrogen-bond donors (Lipinski definition) is 1. The lowest BCUT2D eigenvalue weighted by atomic mass is 10.1. The summed E-state index contributed by atoms with van der Waals surface area (Å²) >= 11 is 6.07. The molecule has 138 valence electrons. The van der Waals surface area contributed by atoms with Gasteiger partial charge in [0.1, 0.15) is 5.75 Å². The highest BCUT2D eigenvalue weighted by Crippen LogP contribution is 2.31. The Bertz CT molecular complexity index is 783. The summed E-state index contributed by atoms with van der Waals surface area (Å²) in [5.74, 6) is -0.743. The molecule has 5 nitrogen and oxygen atoms in total. The number of halogens is 3. The molecule has 1 N–H and O–H groups in total. The average Bonchev–Trinajstić information content (AvgIpc) is 2.62. The molecule has 0 radical (unpaired) electrons. The Morgan fingerprint density at radius 2 is 1.92 bits per heavy atom. The highest BCUT2D eigenvalue weighted by molar-refractivity contribution is 6.31. The summed E-state index contributed by atoms with van der Waals surface area (Å²) in [6.45, 7) is -0.494. The van der Waals surface area contributed by atoms with Crippen molar-refractivity contribution in [3.05, 3.63) is 53.1 Å². The molecule has 2 aromatic carbocycles. The highest BCUT2D eigenvalue weighted by atomic mass is 35.5. The molecule has 1 fully saturated rings. The average molecular weight is 383 g/mol. The first-order valence-electron chi connectivity index (χ1n) is 8.02. The van der Waals surface area contributed by atoms with Gasteiger partial charge in [0.25, 0.3) is 5.91 Å². The van der Waals surface area contributed by atoms with Gasteiger partial charge in [-0.05, 0) is 30.3 Å². The van der Waals surface area contributed by atoms with Gasteiger partial charge in [-0.25, -0.2) is 0 Å². The van der Waals surface area contributed by atoms with Gasteiger partial charge in [0.15, 0.2) is 0 Å². The SMILES string of the molecule is O=C(Nc1cc(Cl)ccc1N1CCOCC1)c1ccccc1OC(F)F. The Morgan fingerprint density at radius 3 is 2.65 bits per heavy atom. The molecule has 1 aliphatic heterocycles. The molecule has 2 aromatic rings. The molecule has 3 rings (SSSR count). The minimum absolute atomic E-state index is 0.0145. The third-order valence-corrected chi connectivity index (χ3v) is 4.14. The molecule has 8 heteroatoms. The van der Waals surface area contributed by atoms with E-state index in [0.29, 0.717) is 37.0 Å². The lowest BCUT2D eigenvalue weighted by Crippen LogP contribution is -2.36. The fourth-order valence-corrected chi connectivity index (χ4v) is 2.90. The molecule has 0 atom stereocenters. The Morgan fingerprint density at radius 1 is 1.19 bits per heavy atom. The van der Waals surface area contributed by atoms with Gasteiger partial charge in [-0.1, -0.05) is 23.7 Å². The van der Waals surface area contributed by atoms with Crippen molar-refractivity contribution in [2.75, 3.05) is 36.5 Å². The molecule has 0 saturated carbocycles. The Balaban J connectivity index is 1.87. The van der Waals surface area contributed by atoms with E-state index >= 15 is 0 Å². The first-order valence-corrected chi connectivity index (χ1v) is 8.40. The summed E-state index contributed by atoms with van der Waals surface area (Å²) in [5.41, 5.74) is 1.30. The van der Waals surface area contributed by atoms with E-state index in [0.717, 1.165) is 5.69 Å². The van der Waals surface area contributed by atoms with Crippen molar-refractivity contribution in [2.45, 2.75) is 6.61 Å². The van der Waals surface area contributed by atoms with Gasteiger partial charge < -0.3 is 19.7 Å². The number of para-hydroxylation sites is 1. The molecule has 0 aliphatic carbocycles. The second-order valence-electron chi connectivity index (χ2n) is 5.59. The van der Waals surface area contributed by atoms with Crippen molar-refractivity contribution in [2.24, 2.45) is 0 Å². The van der Waals surface area contributed by atoms with Crippen molar-refractivity contribution >= 4 is 28.9 Å². The van der Waals surface area contributed by atoms with Crippen LogP contribution in [0, 0.1) is 0 Å². The molecular weight excluding hydrogens is 366 g/mol. The summed E-state index contributed by atoms with van der Waals surface area (Å²) in [6.07, 6.45) is 0. The Hall–Kier alpha value is -2.38. The number of benzene rings is 2. The van der Waals surface area contributed by atoms with E-state index < -0.39 is 12.5 Å². The Labute approximate surface area is 154 Å². The maximum absolute atomic E-state index is 12.6. The molecule has 0 aromatic heterocycles. The first-order chi connectivity index (χ1) is 12.5. The van der Waals surface area contributed by atoms with E-state index in [-0.39, 0.29) is 11.3 Å². The number of rotatable bonds is 5. The first kappa shape index (κ1) is 18.4. The third kappa shape index (κ3) is 4.42. The normalized spacial score (nSPS) is 14.4. The molecule has 1 amide bonds. The molecular formula is C18H17ClF2N2O3. The van der Waals surface area contributed by atoms with Crippen LogP contribution in [0.25, 0.3) is 0 Å². The highest BCUT2D eigenvalue weighted by Gasteiger charge is 2.19. The maximum Gasteiger partial charge on any atom is 0.387 e. The lowest BCUT2D eigenvalue weighted by Gasteiger charge is -2.30. The summed E-state index contributed by atoms with van der Waals surface area (Å²) in [5, 5.41) is 3.20. The predicted molar refractivity (Wildman–Crippen MR) is 95.5 cm³/mol. The molecule has 1 heterocycles. The largest absolute Gasteiger partial charge is 0.434 e. The molecule has 1 saturated heterocycles. The maximum atomic E-state index is 12.6. The van der Waals surface area contributed by atoms with E-state index in [9.17, 15) is 13.6 Å². The van der Waals surface area contributed by atoms with Crippen LogP contribution in [0.5, 0.6) is 5.75 Å². The number of nitrogens with zero attached hydrogens (tertiary/aromatic N) is 1. The van der Waals surface area contributed by atoms with Gasteiger partial charge in [-0.3, -0.25) is 4.79 Å². The van der Waals surface area contributed by atoms with Gasteiger partial charge in [0, 0.05) is 18.1 Å². The number of nitrogens with one attached hydrogen (secondary N) is 1. The lowest BCUT2D eigenvalue weighted by molar-refractivity contribution is -0.0501. The van der Waals surface area contributed by atoms with Crippen LogP contribution in [0.4, 0.5) is 20.2 Å². The summed E-state index contributed by atoms with van der Waals surface area (Å²) < 4.78 is 34.9. The smallest absolute Gasteiger partial charge is 0.387 e. The fraction of sp³-hybridized carbons (Fsp3) is 0.278. The molecule has 0 unspecified atom stereocenters. The summed E-state index contributed by atoms with van der Waals surface area (Å²) in [7, 11) is 0. The molecule has 26 heavy (non-hydrogen) atoms. The zero-order valence-corrected chi connectivity index (χ0v) is 14.5. The zero-order valence-electron chi connectivity index (χ0n) is 13.8. The number of anilines is 2. The van der Waals surface area contributed by atoms with Crippen molar-refractivity contribution in [3.63, 3.8) is 0 Å². The molecule has 1 aliphatic rings. The minimum Gasteiger partial charge on any atom is -0.434 e. The van der Waals surface area contributed by atoms with Crippen molar-refractivity contribution in [1.29, 1.82) is 0 Å². The Kier molecular flexibility index (Phi) is 5.90. The molecule has 0 spiro atoms. The van der Waals surface area contributed by atoms with E-state index in [1.807, 2.05) is 6.07 Å². The van der Waals surface area contributed by atoms with E-state index in [4.69, 9.17) is 16.3 Å². The van der Waals surface area contributed by atoms with Crippen LogP contribution in [0.3, 0.4) is 0 Å². The zero-order chi connectivity index (χ0) is 18.5. The number of hydrogen-bond acceptors (Lipinski definition) is 4. The number of amides is 1. The van der Waals surface area contributed by atoms with Gasteiger partial charge in [-0.2, -0.15) is 8.78 Å². The summed E-state index contributed by atoms with van der Waals surface area (Å²) in [6, 6.07) is 11.0. The van der Waals surface area contributed by atoms with Crippen LogP contribution in [-0.4, -0.2) is 38.8 Å². The third-order valence-electron chi connectivity index (χ3n) is 3.91. The van der Waals surface area contributed by atoms with Crippen LogP contribution in [0.2, 0.25) is 5.02 Å². The standard InChI is InChI=1S/C18H17ClF2N2O3/c19-12-5-6-15(23-7-9-25-10-8-23)14(11-12)22-17(24)13-3-1-2-4-16(13)26-18(20)21/h1-6,11,18H,7-10H2,(H,22,24). The van der Waals surface area contributed by atoms with Crippen LogP contribution < -0.4 is 15.0 Å². The van der Waals surface area contributed by atoms with Crippen LogP contribution in [0.1, 0.15) is 10.4 Å². The van der Waals surface area contributed by atoms with Crippen molar-refractivity contribution in [3.8, 4) is 5.75 Å². The van der Waals surface area contributed by atoms with E-state index in [1.54, 1.807) is 18.2 Å². The summed E-state index contributed by atoms with van der Waals surface area (Å²) in [4.78, 5) is 14.7. The van der Waals surface area contributed by atoms with Gasteiger partial charge in [-0.15, -0.1) is 0 Å². The van der Waals surface area contributed by atoms with Gasteiger partial charge in [0.05, 0.1) is 30.2 Å². The van der Waals surface area contributed by atoms with Crippen LogP contribution >= 0.6 is 11.6 Å². The number of alkyl halides is 2. The van der Waals surface area contributed by atoms with E-state index in [2.05, 4.69) is 15.0 Å². The van der Waals surface area contributed by atoms with Crippen LogP contribution in [0.15, 0.2) is 42.5 Å². The molecule has 0 bridgehead atoms. The topological polar surface area (TPSA) is 50.8 Å². The monoisotopic (exact) mass is 382 g/mol. The number of morpholine rings is 1. The fourth-order valence-electron chi connectivity index (χ4n) is 2.73. The van der Waals surface area contributed by atoms with Crippen LogP contribution in [-0.2, 0) is 4.74 Å². The van der Waals surface area contributed by atoms with Gasteiger partial charge >= 0.3 is 6.61 Å². The second kappa shape index (κ2) is 8.33. The number of ether oxygens (including phenoxy) is 2. The second-order valence-corrected chi connectivity index (χ2v) is 6.03. The quantitative estimate of drug-likeness (QED) is 0.848. The van der Waals surface area contributed by atoms with E-state index in [1.165, 1.54) is 18.2 Å². The number of carbonyl (C=O) groups is 1. The van der Waals surface area contributed by atoms with Gasteiger partial charge in [0.2, 0.25) is 0 Å². The van der Waals surface area contributed by atoms with Crippen molar-refractivity contribution in [1.82, 2.24) is 0 Å². The number of carbonyl (C=O) groups excluding carboxylic acids is 1.